The van der Waals surface area contributed by atoms with Crippen molar-refractivity contribution in [2.75, 3.05) is 5.32 Å². The first-order valence-electron chi connectivity index (χ1n) is 6.92. The molecule has 114 valence electrons. The molecule has 3 rings (SSSR count). The number of tetrazole rings is 1. The molecular weight excluding hydrogens is 288 g/mol. The monoisotopic (exact) mass is 302 g/mol. The number of nitrogens with zero attached hydrogens (tertiary/aromatic N) is 4. The molecule has 0 radical (unpaired) electrons. The first-order chi connectivity index (χ1) is 10.6. The molecule has 9 heteroatoms. The average Bonchev–Trinajstić information content (AvgIpc) is 3.19. The van der Waals surface area contributed by atoms with Gasteiger partial charge in [-0.15, -0.1) is 5.10 Å². The number of carbonyl (C=O) groups is 1. The molecule has 0 saturated heterocycles. The van der Waals surface area contributed by atoms with Crippen molar-refractivity contribution in [1.29, 1.82) is 0 Å². The van der Waals surface area contributed by atoms with Gasteiger partial charge < -0.3 is 0 Å². The topological polar surface area (TPSA) is 127 Å². The number of H-pyrrole nitrogens is 1. The second-order valence-corrected chi connectivity index (χ2v) is 5.28. The van der Waals surface area contributed by atoms with Crippen molar-refractivity contribution >= 4 is 17.5 Å². The Labute approximate surface area is 125 Å². The smallest absolute Gasteiger partial charge is 0.269 e. The fraction of sp³-hybridized carbons (Fsp3) is 0.385. The highest BCUT2D eigenvalue weighted by molar-refractivity contribution is 5.98. The van der Waals surface area contributed by atoms with Crippen LogP contribution in [0, 0.1) is 10.1 Å². The molecule has 2 N–H and O–H groups in total. The minimum atomic E-state index is -0.699. The average molecular weight is 302 g/mol. The van der Waals surface area contributed by atoms with Crippen LogP contribution in [-0.4, -0.2) is 31.5 Å². The molecule has 22 heavy (non-hydrogen) atoms. The Bertz CT molecular complexity index is 676. The van der Waals surface area contributed by atoms with Crippen LogP contribution in [0.5, 0.6) is 0 Å². The number of hydrogen-bond donors (Lipinski definition) is 2. The number of rotatable bonds is 4. The molecule has 9 nitrogen and oxygen atoms in total. The lowest BCUT2D eigenvalue weighted by Gasteiger charge is -2.27. The molecular formula is C13H14N6O3. The Balaban J connectivity index is 1.90. The van der Waals surface area contributed by atoms with E-state index < -0.39 is 10.3 Å². The molecule has 0 atom stereocenters. The van der Waals surface area contributed by atoms with E-state index in [2.05, 4.69) is 25.9 Å². The lowest BCUT2D eigenvalue weighted by atomic mass is 9.78. The van der Waals surface area contributed by atoms with Gasteiger partial charge in [-0.05, 0) is 23.6 Å². The van der Waals surface area contributed by atoms with Crippen LogP contribution in [0.3, 0.4) is 0 Å². The first-order valence-corrected chi connectivity index (χ1v) is 6.92. The predicted octanol–water partition coefficient (Wildman–Crippen LogP) is 1.56. The van der Waals surface area contributed by atoms with Crippen molar-refractivity contribution in [1.82, 2.24) is 20.6 Å². The standard InChI is InChI=1S/C13H14N6O3/c20-11(14-12-15-17-18-16-12)13(7-1-2-8-13)9-3-5-10(6-4-9)19(21)22/h3-6H,1-2,7-8H2,(H2,14,15,16,17,18,20). The molecule has 0 bridgehead atoms. The number of aromatic nitrogens is 4. The Morgan fingerprint density at radius 2 is 1.95 bits per heavy atom. The maximum absolute atomic E-state index is 12.7. The number of carbonyl (C=O) groups excluding carboxylic acids is 1. The summed E-state index contributed by atoms with van der Waals surface area (Å²) in [5.41, 5.74) is 0.0857. The van der Waals surface area contributed by atoms with Gasteiger partial charge in [0, 0.05) is 12.1 Å². The Morgan fingerprint density at radius 3 is 2.50 bits per heavy atom. The molecule has 2 aromatic rings. The molecule has 1 aromatic heterocycles. The van der Waals surface area contributed by atoms with Crippen LogP contribution in [0.4, 0.5) is 11.6 Å². The zero-order valence-electron chi connectivity index (χ0n) is 11.7. The number of nitro groups is 1. The van der Waals surface area contributed by atoms with E-state index in [1.807, 2.05) is 0 Å². The molecule has 0 aliphatic heterocycles. The van der Waals surface area contributed by atoms with Gasteiger partial charge in [-0.2, -0.15) is 5.21 Å². The van der Waals surface area contributed by atoms with Crippen molar-refractivity contribution in [3.05, 3.63) is 39.9 Å². The van der Waals surface area contributed by atoms with E-state index in [4.69, 9.17) is 0 Å². The zero-order valence-corrected chi connectivity index (χ0v) is 11.7. The van der Waals surface area contributed by atoms with Crippen LogP contribution >= 0.6 is 0 Å². The second-order valence-electron chi connectivity index (χ2n) is 5.28. The van der Waals surface area contributed by atoms with Gasteiger partial charge in [-0.3, -0.25) is 20.2 Å². The van der Waals surface area contributed by atoms with Crippen molar-refractivity contribution in [2.45, 2.75) is 31.1 Å². The maximum atomic E-state index is 12.7. The number of non-ortho nitro benzene ring substituents is 1. The van der Waals surface area contributed by atoms with E-state index in [-0.39, 0.29) is 17.5 Å². The van der Waals surface area contributed by atoms with E-state index in [0.29, 0.717) is 12.8 Å². The van der Waals surface area contributed by atoms with Crippen LogP contribution in [-0.2, 0) is 10.2 Å². The molecule has 1 saturated carbocycles. The number of nitrogens with one attached hydrogen (secondary N) is 2. The van der Waals surface area contributed by atoms with Crippen molar-refractivity contribution in [3.63, 3.8) is 0 Å². The van der Waals surface area contributed by atoms with Crippen molar-refractivity contribution in [2.24, 2.45) is 0 Å². The third-order valence-corrected chi connectivity index (χ3v) is 4.09. The largest absolute Gasteiger partial charge is 0.291 e. The summed E-state index contributed by atoms with van der Waals surface area (Å²) in [5.74, 6) is -0.0848. The van der Waals surface area contributed by atoms with Crippen LogP contribution in [0.25, 0.3) is 0 Å². The molecule has 0 spiro atoms. The highest BCUT2D eigenvalue weighted by atomic mass is 16.6. The van der Waals surface area contributed by atoms with E-state index in [0.717, 1.165) is 18.4 Å². The predicted molar refractivity (Wildman–Crippen MR) is 76.0 cm³/mol. The fourth-order valence-corrected chi connectivity index (χ4v) is 2.96. The summed E-state index contributed by atoms with van der Waals surface area (Å²) < 4.78 is 0. The Morgan fingerprint density at radius 1 is 1.27 bits per heavy atom. The van der Waals surface area contributed by atoms with Crippen LogP contribution in [0.1, 0.15) is 31.2 Å². The van der Waals surface area contributed by atoms with Crippen molar-refractivity contribution < 1.29 is 9.72 Å². The molecule has 1 heterocycles. The fourth-order valence-electron chi connectivity index (χ4n) is 2.96. The SMILES string of the molecule is O=C(Nc1nn[nH]n1)C1(c2ccc([N+](=O)[O-])cc2)CCCC1. The minimum Gasteiger partial charge on any atom is -0.291 e. The number of nitro benzene ring substituents is 1. The van der Waals surface area contributed by atoms with Crippen LogP contribution in [0.15, 0.2) is 24.3 Å². The molecule has 1 fully saturated rings. The first kappa shape index (κ1) is 14.1. The number of hydrogen-bond acceptors (Lipinski definition) is 6. The zero-order chi connectivity index (χ0) is 15.6. The summed E-state index contributed by atoms with van der Waals surface area (Å²) in [6.45, 7) is 0. The highest BCUT2D eigenvalue weighted by Crippen LogP contribution is 2.42. The highest BCUT2D eigenvalue weighted by Gasteiger charge is 2.43. The van der Waals surface area contributed by atoms with Gasteiger partial charge in [0.1, 0.15) is 0 Å². The summed E-state index contributed by atoms with van der Waals surface area (Å²) in [6.07, 6.45) is 3.23. The maximum Gasteiger partial charge on any atom is 0.269 e. The summed E-state index contributed by atoms with van der Waals surface area (Å²) in [6, 6.07) is 6.16. The normalized spacial score (nSPS) is 16.4. The summed E-state index contributed by atoms with van der Waals surface area (Å²) >= 11 is 0. The van der Waals surface area contributed by atoms with Crippen LogP contribution < -0.4 is 5.32 Å². The molecule has 1 aliphatic rings. The van der Waals surface area contributed by atoms with Gasteiger partial charge in [0.15, 0.2) is 0 Å². The summed E-state index contributed by atoms with van der Waals surface area (Å²) in [5, 5.41) is 26.5. The second kappa shape index (κ2) is 5.51. The lowest BCUT2D eigenvalue weighted by molar-refractivity contribution is -0.384. The number of aromatic amines is 1. The minimum absolute atomic E-state index is 0.00970. The third-order valence-electron chi connectivity index (χ3n) is 4.09. The summed E-state index contributed by atoms with van der Waals surface area (Å²) in [4.78, 5) is 23.0. The van der Waals surface area contributed by atoms with Gasteiger partial charge in [0.2, 0.25) is 5.91 Å². The van der Waals surface area contributed by atoms with Gasteiger partial charge >= 0.3 is 0 Å². The van der Waals surface area contributed by atoms with E-state index >= 15 is 0 Å². The summed E-state index contributed by atoms with van der Waals surface area (Å²) in [7, 11) is 0. The van der Waals surface area contributed by atoms with E-state index in [9.17, 15) is 14.9 Å². The Kier molecular flexibility index (Phi) is 3.53. The van der Waals surface area contributed by atoms with Crippen LogP contribution in [0.2, 0.25) is 0 Å². The number of anilines is 1. The van der Waals surface area contributed by atoms with Gasteiger partial charge in [-0.25, -0.2) is 0 Å². The molecule has 1 aromatic carbocycles. The number of benzene rings is 1. The van der Waals surface area contributed by atoms with E-state index in [1.165, 1.54) is 12.1 Å². The molecule has 1 aliphatic carbocycles. The van der Waals surface area contributed by atoms with Crippen molar-refractivity contribution in [3.8, 4) is 0 Å². The van der Waals surface area contributed by atoms with Gasteiger partial charge in [0.25, 0.3) is 11.6 Å². The lowest BCUT2D eigenvalue weighted by Crippen LogP contribution is -2.38. The third kappa shape index (κ3) is 2.41. The Hall–Kier alpha value is -2.84. The van der Waals surface area contributed by atoms with Gasteiger partial charge in [0.05, 0.1) is 10.3 Å². The quantitative estimate of drug-likeness (QED) is 0.651. The molecule has 0 unspecified atom stereocenters. The molecule has 1 amide bonds. The van der Waals surface area contributed by atoms with Gasteiger partial charge in [-0.1, -0.05) is 30.1 Å². The number of amides is 1. The van der Waals surface area contributed by atoms with E-state index in [1.54, 1.807) is 12.1 Å².